The van der Waals surface area contributed by atoms with Crippen LogP contribution >= 0.6 is 11.6 Å². The zero-order valence-electron chi connectivity index (χ0n) is 11.7. The van der Waals surface area contributed by atoms with Crippen molar-refractivity contribution >= 4 is 17.5 Å². The van der Waals surface area contributed by atoms with Crippen LogP contribution in [-0.4, -0.2) is 19.0 Å². The second-order valence-corrected chi connectivity index (χ2v) is 6.32. The molecule has 2 rings (SSSR count). The highest BCUT2D eigenvalue weighted by atomic mass is 35.5. The molecule has 1 aromatic carbocycles. The normalized spacial score (nSPS) is 20.1. The van der Waals surface area contributed by atoms with Gasteiger partial charge in [-0.2, -0.15) is 0 Å². The molecule has 19 heavy (non-hydrogen) atoms. The van der Waals surface area contributed by atoms with Gasteiger partial charge in [0.25, 0.3) is 0 Å². The molecule has 1 atom stereocenters. The van der Waals surface area contributed by atoms with E-state index in [9.17, 15) is 4.79 Å². The number of hydrogen-bond acceptors (Lipinski definition) is 2. The van der Waals surface area contributed by atoms with Crippen LogP contribution in [-0.2, 0) is 11.2 Å². The van der Waals surface area contributed by atoms with E-state index in [0.717, 1.165) is 18.0 Å². The standard InChI is InChI=1S/C15H21ClN2O/c1-10(19)17-6-7-18-14-13-8-12(16)5-4-11(13)9-15(14,2)3/h4-5,8,14,18H,6-7,9H2,1-3H3,(H,17,19). The van der Waals surface area contributed by atoms with Crippen LogP contribution in [0.2, 0.25) is 5.02 Å². The Balaban J connectivity index is 2.06. The molecule has 0 aromatic heterocycles. The van der Waals surface area contributed by atoms with Crippen molar-refractivity contribution in [3.8, 4) is 0 Å². The van der Waals surface area contributed by atoms with Gasteiger partial charge < -0.3 is 10.6 Å². The first kappa shape index (κ1) is 14.4. The summed E-state index contributed by atoms with van der Waals surface area (Å²) in [5.74, 6) is 0.0101. The van der Waals surface area contributed by atoms with Gasteiger partial charge in [-0.05, 0) is 35.1 Å². The zero-order valence-corrected chi connectivity index (χ0v) is 12.5. The lowest BCUT2D eigenvalue weighted by molar-refractivity contribution is -0.118. The van der Waals surface area contributed by atoms with Crippen LogP contribution in [0.1, 0.15) is 37.9 Å². The maximum absolute atomic E-state index is 10.9. The lowest BCUT2D eigenvalue weighted by Crippen LogP contribution is -2.36. The fourth-order valence-corrected chi connectivity index (χ4v) is 3.03. The zero-order chi connectivity index (χ0) is 14.0. The van der Waals surface area contributed by atoms with Crippen molar-refractivity contribution in [1.82, 2.24) is 10.6 Å². The third-order valence-electron chi connectivity index (χ3n) is 3.69. The Hall–Kier alpha value is -1.06. The van der Waals surface area contributed by atoms with Crippen LogP contribution < -0.4 is 10.6 Å². The van der Waals surface area contributed by atoms with E-state index in [-0.39, 0.29) is 17.4 Å². The second-order valence-electron chi connectivity index (χ2n) is 5.88. The summed E-state index contributed by atoms with van der Waals surface area (Å²) in [4.78, 5) is 10.9. The minimum atomic E-state index is 0.0101. The van der Waals surface area contributed by atoms with Crippen molar-refractivity contribution < 1.29 is 4.79 Å². The average Bonchev–Trinajstić information content (AvgIpc) is 2.55. The summed E-state index contributed by atoms with van der Waals surface area (Å²) in [5.41, 5.74) is 2.83. The summed E-state index contributed by atoms with van der Waals surface area (Å²) in [7, 11) is 0. The highest BCUT2D eigenvalue weighted by Crippen LogP contribution is 2.45. The molecule has 0 saturated heterocycles. The smallest absolute Gasteiger partial charge is 0.216 e. The van der Waals surface area contributed by atoms with Crippen molar-refractivity contribution in [1.29, 1.82) is 0 Å². The minimum Gasteiger partial charge on any atom is -0.355 e. The van der Waals surface area contributed by atoms with Gasteiger partial charge in [0.05, 0.1) is 0 Å². The molecule has 0 heterocycles. The number of fused-ring (bicyclic) bond motifs is 1. The molecular weight excluding hydrogens is 260 g/mol. The van der Waals surface area contributed by atoms with Crippen LogP contribution in [0.25, 0.3) is 0 Å². The molecule has 1 amide bonds. The number of nitrogens with one attached hydrogen (secondary N) is 2. The van der Waals surface area contributed by atoms with Gasteiger partial charge in [0.2, 0.25) is 5.91 Å². The van der Waals surface area contributed by atoms with Gasteiger partial charge in [0, 0.05) is 31.1 Å². The van der Waals surface area contributed by atoms with Crippen molar-refractivity contribution in [2.75, 3.05) is 13.1 Å². The summed E-state index contributed by atoms with van der Waals surface area (Å²) >= 11 is 6.10. The Kier molecular flexibility index (Phi) is 4.16. The SMILES string of the molecule is CC(=O)NCCNC1c2cc(Cl)ccc2CC1(C)C. The van der Waals surface area contributed by atoms with Crippen molar-refractivity contribution in [3.63, 3.8) is 0 Å². The molecule has 0 radical (unpaired) electrons. The maximum atomic E-state index is 10.9. The van der Waals surface area contributed by atoms with Crippen molar-refractivity contribution in [2.45, 2.75) is 33.2 Å². The van der Waals surface area contributed by atoms with Gasteiger partial charge in [-0.3, -0.25) is 4.79 Å². The molecule has 4 heteroatoms. The van der Waals surface area contributed by atoms with E-state index >= 15 is 0 Å². The fourth-order valence-electron chi connectivity index (χ4n) is 2.85. The Morgan fingerprint density at radius 3 is 2.84 bits per heavy atom. The minimum absolute atomic E-state index is 0.0101. The third kappa shape index (κ3) is 3.28. The lowest BCUT2D eigenvalue weighted by atomic mass is 9.85. The van der Waals surface area contributed by atoms with Gasteiger partial charge in [0.15, 0.2) is 0 Å². The molecule has 1 unspecified atom stereocenters. The van der Waals surface area contributed by atoms with Gasteiger partial charge in [-0.15, -0.1) is 0 Å². The molecule has 0 saturated carbocycles. The highest BCUT2D eigenvalue weighted by Gasteiger charge is 2.38. The molecule has 1 aliphatic carbocycles. The number of benzene rings is 1. The molecule has 0 aliphatic heterocycles. The molecule has 2 N–H and O–H groups in total. The van der Waals surface area contributed by atoms with E-state index in [0.29, 0.717) is 6.54 Å². The number of hydrogen-bond donors (Lipinski definition) is 2. The van der Waals surface area contributed by atoms with Gasteiger partial charge >= 0.3 is 0 Å². The Labute approximate surface area is 119 Å². The second kappa shape index (κ2) is 5.51. The largest absolute Gasteiger partial charge is 0.355 e. The Morgan fingerprint density at radius 1 is 1.42 bits per heavy atom. The van der Waals surface area contributed by atoms with E-state index in [1.165, 1.54) is 18.1 Å². The van der Waals surface area contributed by atoms with Crippen LogP contribution in [0.5, 0.6) is 0 Å². The molecule has 3 nitrogen and oxygen atoms in total. The molecule has 0 fully saturated rings. The van der Waals surface area contributed by atoms with E-state index in [1.807, 2.05) is 6.07 Å². The predicted octanol–water partition coefficient (Wildman–Crippen LogP) is 2.69. The predicted molar refractivity (Wildman–Crippen MR) is 78.4 cm³/mol. The van der Waals surface area contributed by atoms with Gasteiger partial charge in [-0.1, -0.05) is 31.5 Å². The monoisotopic (exact) mass is 280 g/mol. The summed E-state index contributed by atoms with van der Waals surface area (Å²) < 4.78 is 0. The van der Waals surface area contributed by atoms with Gasteiger partial charge in [0.1, 0.15) is 0 Å². The summed E-state index contributed by atoms with van der Waals surface area (Å²) in [6.45, 7) is 7.47. The maximum Gasteiger partial charge on any atom is 0.216 e. The molecule has 0 bridgehead atoms. The van der Waals surface area contributed by atoms with Crippen molar-refractivity contribution in [2.24, 2.45) is 5.41 Å². The van der Waals surface area contributed by atoms with Crippen LogP contribution in [0.15, 0.2) is 18.2 Å². The average molecular weight is 281 g/mol. The molecule has 1 aromatic rings. The first-order chi connectivity index (χ1) is 8.90. The number of halogens is 1. The molecular formula is C15H21ClN2O. The number of carbonyl (C=O) groups excluding carboxylic acids is 1. The number of rotatable bonds is 4. The van der Waals surface area contributed by atoms with Crippen LogP contribution in [0.4, 0.5) is 0 Å². The van der Waals surface area contributed by atoms with Gasteiger partial charge in [-0.25, -0.2) is 0 Å². The quantitative estimate of drug-likeness (QED) is 0.833. The van der Waals surface area contributed by atoms with E-state index in [1.54, 1.807) is 0 Å². The molecule has 104 valence electrons. The van der Waals surface area contributed by atoms with E-state index in [2.05, 4.69) is 36.6 Å². The summed E-state index contributed by atoms with van der Waals surface area (Å²) in [6, 6.07) is 6.42. The first-order valence-electron chi connectivity index (χ1n) is 6.66. The van der Waals surface area contributed by atoms with Crippen LogP contribution in [0.3, 0.4) is 0 Å². The third-order valence-corrected chi connectivity index (χ3v) is 3.93. The highest BCUT2D eigenvalue weighted by molar-refractivity contribution is 6.30. The topological polar surface area (TPSA) is 41.1 Å². The van der Waals surface area contributed by atoms with Crippen LogP contribution in [0, 0.1) is 5.41 Å². The summed E-state index contributed by atoms with van der Waals surface area (Å²) in [5, 5.41) is 7.12. The molecule has 1 aliphatic rings. The lowest BCUT2D eigenvalue weighted by Gasteiger charge is -2.28. The number of carbonyl (C=O) groups is 1. The van der Waals surface area contributed by atoms with E-state index in [4.69, 9.17) is 11.6 Å². The first-order valence-corrected chi connectivity index (χ1v) is 7.04. The van der Waals surface area contributed by atoms with Crippen molar-refractivity contribution in [3.05, 3.63) is 34.3 Å². The Bertz CT molecular complexity index is 485. The number of amides is 1. The Morgan fingerprint density at radius 2 is 2.16 bits per heavy atom. The summed E-state index contributed by atoms with van der Waals surface area (Å²) in [6.07, 6.45) is 1.05. The fraction of sp³-hybridized carbons (Fsp3) is 0.533. The van der Waals surface area contributed by atoms with E-state index < -0.39 is 0 Å². The molecule has 0 spiro atoms.